The van der Waals surface area contributed by atoms with Gasteiger partial charge < -0.3 is 9.15 Å². The Balaban J connectivity index is 2.38. The second-order valence-electron chi connectivity index (χ2n) is 3.49. The van der Waals surface area contributed by atoms with Crippen molar-refractivity contribution in [2.24, 2.45) is 0 Å². The molecule has 0 bridgehead atoms. The molecule has 17 heavy (non-hydrogen) atoms. The summed E-state index contributed by atoms with van der Waals surface area (Å²) in [5.74, 6) is 1.73. The smallest absolute Gasteiger partial charge is 0.124 e. The highest BCUT2D eigenvalue weighted by atomic mass is 79.9. The minimum absolute atomic E-state index is 0.00319. The van der Waals surface area contributed by atoms with Gasteiger partial charge in [0.2, 0.25) is 0 Å². The quantitative estimate of drug-likeness (QED) is 0.722. The summed E-state index contributed by atoms with van der Waals surface area (Å²) < 4.78 is 12.0. The van der Waals surface area contributed by atoms with Gasteiger partial charge in [0.15, 0.2) is 0 Å². The molecule has 0 aliphatic carbocycles. The van der Waals surface area contributed by atoms with Crippen molar-refractivity contribution in [2.45, 2.75) is 11.8 Å². The van der Waals surface area contributed by atoms with Gasteiger partial charge in [-0.3, -0.25) is 0 Å². The Morgan fingerprint density at radius 1 is 1.35 bits per heavy atom. The maximum atomic E-state index is 5.62. The molecule has 2 rings (SSSR count). The summed E-state index contributed by atoms with van der Waals surface area (Å²) in [6, 6.07) is 9.78. The molecule has 90 valence electrons. The highest BCUT2D eigenvalue weighted by Crippen LogP contribution is 2.38. The van der Waals surface area contributed by atoms with Crippen LogP contribution in [-0.4, -0.2) is 6.61 Å². The van der Waals surface area contributed by atoms with Gasteiger partial charge in [-0.15, -0.1) is 0 Å². The summed E-state index contributed by atoms with van der Waals surface area (Å²) in [5, 5.41) is 0. The first-order valence-corrected chi connectivity index (χ1v) is 7.03. The molecule has 0 aliphatic heterocycles. The molecule has 0 saturated heterocycles. The van der Waals surface area contributed by atoms with E-state index in [1.165, 1.54) is 0 Å². The van der Waals surface area contributed by atoms with Crippen molar-refractivity contribution >= 4 is 31.9 Å². The monoisotopic (exact) mass is 358 g/mol. The van der Waals surface area contributed by atoms with Crippen LogP contribution in [0.3, 0.4) is 0 Å². The van der Waals surface area contributed by atoms with Gasteiger partial charge in [-0.1, -0.05) is 31.9 Å². The molecule has 1 atom stereocenters. The van der Waals surface area contributed by atoms with Crippen LogP contribution in [0.2, 0.25) is 0 Å². The maximum Gasteiger partial charge on any atom is 0.124 e. The van der Waals surface area contributed by atoms with Crippen LogP contribution in [0, 0.1) is 0 Å². The fraction of sp³-hybridized carbons (Fsp3) is 0.231. The molecule has 0 amide bonds. The van der Waals surface area contributed by atoms with E-state index >= 15 is 0 Å². The molecule has 1 aromatic carbocycles. The van der Waals surface area contributed by atoms with Crippen LogP contribution in [-0.2, 0) is 0 Å². The van der Waals surface area contributed by atoms with E-state index in [4.69, 9.17) is 9.15 Å². The lowest BCUT2D eigenvalue weighted by atomic mass is 10.1. The molecule has 4 heteroatoms. The first-order chi connectivity index (χ1) is 8.22. The minimum Gasteiger partial charge on any atom is -0.494 e. The van der Waals surface area contributed by atoms with E-state index in [1.54, 1.807) is 6.26 Å². The summed E-state index contributed by atoms with van der Waals surface area (Å²) >= 11 is 7.11. The average Bonchev–Trinajstić information content (AvgIpc) is 2.84. The molecule has 0 aliphatic rings. The number of hydrogen-bond acceptors (Lipinski definition) is 2. The Hall–Kier alpha value is -0.740. The third-order valence-corrected chi connectivity index (χ3v) is 3.78. The van der Waals surface area contributed by atoms with Crippen molar-refractivity contribution in [3.63, 3.8) is 0 Å². The number of halogens is 2. The van der Waals surface area contributed by atoms with Crippen LogP contribution in [0.25, 0.3) is 0 Å². The van der Waals surface area contributed by atoms with Crippen molar-refractivity contribution in [2.75, 3.05) is 6.61 Å². The Bertz CT molecular complexity index is 480. The largest absolute Gasteiger partial charge is 0.494 e. The topological polar surface area (TPSA) is 22.4 Å². The van der Waals surface area contributed by atoms with E-state index in [0.717, 1.165) is 21.5 Å². The van der Waals surface area contributed by atoms with Crippen LogP contribution >= 0.6 is 31.9 Å². The minimum atomic E-state index is -0.00319. The van der Waals surface area contributed by atoms with E-state index in [9.17, 15) is 0 Å². The van der Waals surface area contributed by atoms with Crippen molar-refractivity contribution < 1.29 is 9.15 Å². The molecular weight excluding hydrogens is 348 g/mol. The number of benzene rings is 1. The van der Waals surface area contributed by atoms with Gasteiger partial charge in [-0.2, -0.15) is 0 Å². The second kappa shape index (κ2) is 5.74. The predicted octanol–water partition coefficient (Wildman–Crippen LogP) is 4.93. The Labute approximate surface area is 117 Å². The SMILES string of the molecule is CCOc1ccc(Br)cc1C(Br)c1ccco1. The van der Waals surface area contributed by atoms with Crippen LogP contribution in [0.5, 0.6) is 5.75 Å². The number of hydrogen-bond donors (Lipinski definition) is 0. The highest BCUT2D eigenvalue weighted by Gasteiger charge is 2.18. The molecule has 1 heterocycles. The molecule has 0 saturated carbocycles. The lowest BCUT2D eigenvalue weighted by molar-refractivity contribution is 0.336. The maximum absolute atomic E-state index is 5.62. The van der Waals surface area contributed by atoms with E-state index in [2.05, 4.69) is 31.9 Å². The predicted molar refractivity (Wildman–Crippen MR) is 74.8 cm³/mol. The van der Waals surface area contributed by atoms with Crippen molar-refractivity contribution in [1.82, 2.24) is 0 Å². The number of alkyl halides is 1. The Morgan fingerprint density at radius 2 is 2.18 bits per heavy atom. The van der Waals surface area contributed by atoms with Crippen molar-refractivity contribution in [3.05, 3.63) is 52.4 Å². The van der Waals surface area contributed by atoms with E-state index in [-0.39, 0.29) is 4.83 Å². The summed E-state index contributed by atoms with van der Waals surface area (Å²) in [6.07, 6.45) is 1.67. The Morgan fingerprint density at radius 3 is 2.82 bits per heavy atom. The number of furan rings is 1. The van der Waals surface area contributed by atoms with Gasteiger partial charge >= 0.3 is 0 Å². The zero-order valence-electron chi connectivity index (χ0n) is 9.32. The molecule has 2 nitrogen and oxygen atoms in total. The van der Waals surface area contributed by atoms with Crippen LogP contribution in [0.4, 0.5) is 0 Å². The summed E-state index contributed by atoms with van der Waals surface area (Å²) in [6.45, 7) is 2.62. The molecule has 2 aromatic rings. The fourth-order valence-corrected chi connectivity index (χ4v) is 2.59. The fourth-order valence-electron chi connectivity index (χ4n) is 1.59. The zero-order valence-corrected chi connectivity index (χ0v) is 12.5. The highest BCUT2D eigenvalue weighted by molar-refractivity contribution is 9.10. The molecule has 0 radical (unpaired) electrons. The van der Waals surface area contributed by atoms with Crippen molar-refractivity contribution in [1.29, 1.82) is 0 Å². The summed E-state index contributed by atoms with van der Waals surface area (Å²) in [5.41, 5.74) is 1.05. The van der Waals surface area contributed by atoms with E-state index < -0.39 is 0 Å². The lowest BCUT2D eigenvalue weighted by Crippen LogP contribution is -1.99. The van der Waals surface area contributed by atoms with Gasteiger partial charge in [-0.25, -0.2) is 0 Å². The number of rotatable bonds is 4. The van der Waals surface area contributed by atoms with Crippen LogP contribution in [0.15, 0.2) is 45.5 Å². The van der Waals surface area contributed by atoms with Crippen LogP contribution < -0.4 is 4.74 Å². The standard InChI is InChI=1S/C13H12Br2O2/c1-2-16-11-6-5-9(14)8-10(11)13(15)12-4-3-7-17-12/h3-8,13H,2H2,1H3. The molecule has 1 unspecified atom stereocenters. The van der Waals surface area contributed by atoms with Gasteiger partial charge in [0.1, 0.15) is 16.3 Å². The first kappa shape index (κ1) is 12.7. The van der Waals surface area contributed by atoms with Gasteiger partial charge in [0.25, 0.3) is 0 Å². The average molecular weight is 360 g/mol. The summed E-state index contributed by atoms with van der Waals surface area (Å²) in [4.78, 5) is -0.00319. The van der Waals surface area contributed by atoms with Crippen molar-refractivity contribution in [3.8, 4) is 5.75 Å². The molecule has 0 fully saturated rings. The van der Waals surface area contributed by atoms with E-state index in [1.807, 2.05) is 37.3 Å². The first-order valence-electron chi connectivity index (χ1n) is 5.32. The van der Waals surface area contributed by atoms with E-state index in [0.29, 0.717) is 6.61 Å². The zero-order chi connectivity index (χ0) is 12.3. The molecule has 0 N–H and O–H groups in total. The van der Waals surface area contributed by atoms with Gasteiger partial charge in [-0.05, 0) is 37.3 Å². The third-order valence-electron chi connectivity index (χ3n) is 2.34. The van der Waals surface area contributed by atoms with Gasteiger partial charge in [0, 0.05) is 10.0 Å². The summed E-state index contributed by atoms with van der Waals surface area (Å²) in [7, 11) is 0. The number of ether oxygens (including phenoxy) is 1. The van der Waals surface area contributed by atoms with Gasteiger partial charge in [0.05, 0.1) is 12.9 Å². The molecule has 1 aromatic heterocycles. The third kappa shape index (κ3) is 2.93. The molecule has 0 spiro atoms. The lowest BCUT2D eigenvalue weighted by Gasteiger charge is -2.14. The second-order valence-corrected chi connectivity index (χ2v) is 5.32. The normalized spacial score (nSPS) is 12.4. The Kier molecular flexibility index (Phi) is 4.29. The molecular formula is C13H12Br2O2. The van der Waals surface area contributed by atoms with Crippen LogP contribution in [0.1, 0.15) is 23.1 Å².